The highest BCUT2D eigenvalue weighted by Crippen LogP contribution is 2.27. The van der Waals surface area contributed by atoms with E-state index in [-0.39, 0.29) is 42.4 Å². The SMILES string of the molecule is COCc1cc(CN=C(N)Nc2ccc(OC)c(Cl)c2)ccc1F.I. The van der Waals surface area contributed by atoms with Crippen molar-refractivity contribution in [2.24, 2.45) is 10.7 Å². The zero-order valence-corrected chi connectivity index (χ0v) is 17.0. The third-order valence-electron chi connectivity index (χ3n) is 3.27. The van der Waals surface area contributed by atoms with Crippen LogP contribution in [-0.4, -0.2) is 20.2 Å². The fourth-order valence-corrected chi connectivity index (χ4v) is 2.36. The van der Waals surface area contributed by atoms with Crippen LogP contribution in [-0.2, 0) is 17.9 Å². The number of anilines is 1. The molecular weight excluding hydrogens is 460 g/mol. The van der Waals surface area contributed by atoms with Crippen LogP contribution < -0.4 is 15.8 Å². The first-order valence-electron chi connectivity index (χ1n) is 7.20. The van der Waals surface area contributed by atoms with Gasteiger partial charge in [-0.05, 0) is 35.9 Å². The summed E-state index contributed by atoms with van der Waals surface area (Å²) in [4.78, 5) is 4.24. The molecule has 136 valence electrons. The van der Waals surface area contributed by atoms with Gasteiger partial charge in [0, 0.05) is 18.4 Å². The van der Waals surface area contributed by atoms with Crippen LogP contribution in [0.15, 0.2) is 41.4 Å². The first-order chi connectivity index (χ1) is 11.5. The molecule has 0 saturated carbocycles. The molecule has 5 nitrogen and oxygen atoms in total. The zero-order valence-electron chi connectivity index (χ0n) is 13.9. The van der Waals surface area contributed by atoms with E-state index in [2.05, 4.69) is 10.3 Å². The lowest BCUT2D eigenvalue weighted by Gasteiger charge is -2.09. The number of nitrogens with zero attached hydrogens (tertiary/aromatic N) is 1. The summed E-state index contributed by atoms with van der Waals surface area (Å²) < 4.78 is 23.6. The maximum atomic E-state index is 13.6. The molecule has 0 atom stereocenters. The summed E-state index contributed by atoms with van der Waals surface area (Å²) in [5, 5.41) is 3.41. The van der Waals surface area contributed by atoms with Crippen LogP contribution in [0.25, 0.3) is 0 Å². The van der Waals surface area contributed by atoms with E-state index < -0.39 is 0 Å². The Labute approximate surface area is 168 Å². The van der Waals surface area contributed by atoms with Gasteiger partial charge in [-0.2, -0.15) is 0 Å². The lowest BCUT2D eigenvalue weighted by molar-refractivity contribution is 0.181. The molecule has 2 aromatic rings. The summed E-state index contributed by atoms with van der Waals surface area (Å²) in [5.74, 6) is 0.507. The quantitative estimate of drug-likeness (QED) is 0.371. The molecule has 8 heteroatoms. The van der Waals surface area contributed by atoms with Gasteiger partial charge in [-0.15, -0.1) is 24.0 Å². The summed E-state index contributed by atoms with van der Waals surface area (Å²) in [7, 11) is 3.07. The minimum atomic E-state index is -0.302. The van der Waals surface area contributed by atoms with E-state index in [1.807, 2.05) is 0 Å². The van der Waals surface area contributed by atoms with E-state index in [1.165, 1.54) is 13.2 Å². The normalized spacial score (nSPS) is 11.0. The zero-order chi connectivity index (χ0) is 17.5. The number of rotatable bonds is 6. The minimum absolute atomic E-state index is 0. The van der Waals surface area contributed by atoms with Crippen LogP contribution in [0.2, 0.25) is 5.02 Å². The number of hydrogen-bond donors (Lipinski definition) is 2. The highest BCUT2D eigenvalue weighted by molar-refractivity contribution is 14.0. The van der Waals surface area contributed by atoms with E-state index in [9.17, 15) is 4.39 Å². The Bertz CT molecular complexity index is 744. The predicted octanol–water partition coefficient (Wildman–Crippen LogP) is 4.18. The maximum absolute atomic E-state index is 13.6. The monoisotopic (exact) mass is 479 g/mol. The van der Waals surface area contributed by atoms with Crippen LogP contribution in [0.3, 0.4) is 0 Å². The number of ether oxygens (including phenoxy) is 2. The molecule has 25 heavy (non-hydrogen) atoms. The molecule has 0 aromatic heterocycles. The number of halogens is 3. The average Bonchev–Trinajstić information content (AvgIpc) is 2.56. The molecule has 0 heterocycles. The highest BCUT2D eigenvalue weighted by atomic mass is 127. The topological polar surface area (TPSA) is 68.9 Å². The smallest absolute Gasteiger partial charge is 0.193 e. The first-order valence-corrected chi connectivity index (χ1v) is 7.58. The molecule has 0 fully saturated rings. The number of guanidine groups is 1. The maximum Gasteiger partial charge on any atom is 0.193 e. The molecule has 0 aliphatic rings. The number of nitrogens with one attached hydrogen (secondary N) is 1. The van der Waals surface area contributed by atoms with Gasteiger partial charge >= 0.3 is 0 Å². The number of benzene rings is 2. The number of hydrogen-bond acceptors (Lipinski definition) is 3. The van der Waals surface area contributed by atoms with Gasteiger partial charge in [-0.3, -0.25) is 0 Å². The van der Waals surface area contributed by atoms with Crippen molar-refractivity contribution >= 4 is 47.2 Å². The Morgan fingerprint density at radius 1 is 1.24 bits per heavy atom. The standard InChI is InChI=1S/C17H19ClFN3O2.HI/c1-23-10-12-7-11(3-5-15(12)19)9-21-17(20)22-13-4-6-16(24-2)14(18)8-13;/h3-8H,9-10H2,1-2H3,(H3,20,21,22);1H. The summed E-state index contributed by atoms with van der Waals surface area (Å²) in [6.45, 7) is 0.529. The second-order valence-electron chi connectivity index (χ2n) is 5.03. The van der Waals surface area contributed by atoms with Crippen molar-refractivity contribution < 1.29 is 13.9 Å². The fourth-order valence-electron chi connectivity index (χ4n) is 2.10. The largest absolute Gasteiger partial charge is 0.495 e. The van der Waals surface area contributed by atoms with Gasteiger partial charge in [-0.1, -0.05) is 17.7 Å². The summed E-state index contributed by atoms with van der Waals surface area (Å²) in [5.41, 5.74) is 7.88. The molecule has 0 saturated heterocycles. The second kappa shape index (κ2) is 10.4. The number of aliphatic imine (C=N–C) groups is 1. The molecule has 3 N–H and O–H groups in total. The molecule has 2 aromatic carbocycles. The molecule has 0 amide bonds. The van der Waals surface area contributed by atoms with Gasteiger partial charge in [0.2, 0.25) is 0 Å². The molecular formula is C17H20ClFIN3O2. The molecule has 0 radical (unpaired) electrons. The molecule has 0 spiro atoms. The Hall–Kier alpha value is -1.58. The van der Waals surface area contributed by atoms with Crippen molar-refractivity contribution in [1.29, 1.82) is 0 Å². The van der Waals surface area contributed by atoms with Crippen LogP contribution >= 0.6 is 35.6 Å². The molecule has 0 aliphatic heterocycles. The Morgan fingerprint density at radius 2 is 2.00 bits per heavy atom. The van der Waals surface area contributed by atoms with E-state index in [0.29, 0.717) is 28.6 Å². The Balaban J connectivity index is 0.00000312. The Morgan fingerprint density at radius 3 is 2.64 bits per heavy atom. The fraction of sp³-hybridized carbons (Fsp3) is 0.235. The van der Waals surface area contributed by atoms with Crippen molar-refractivity contribution in [3.63, 3.8) is 0 Å². The van der Waals surface area contributed by atoms with Gasteiger partial charge in [0.25, 0.3) is 0 Å². The van der Waals surface area contributed by atoms with Gasteiger partial charge in [0.15, 0.2) is 5.96 Å². The number of methoxy groups -OCH3 is 2. The van der Waals surface area contributed by atoms with E-state index in [4.69, 9.17) is 26.8 Å². The van der Waals surface area contributed by atoms with Crippen molar-refractivity contribution in [3.05, 3.63) is 58.4 Å². The van der Waals surface area contributed by atoms with Gasteiger partial charge in [0.1, 0.15) is 11.6 Å². The van der Waals surface area contributed by atoms with Crippen molar-refractivity contribution in [2.75, 3.05) is 19.5 Å². The van der Waals surface area contributed by atoms with Crippen molar-refractivity contribution in [1.82, 2.24) is 0 Å². The van der Waals surface area contributed by atoms with Crippen LogP contribution in [0.5, 0.6) is 5.75 Å². The van der Waals surface area contributed by atoms with Crippen LogP contribution in [0, 0.1) is 5.82 Å². The van der Waals surface area contributed by atoms with E-state index in [1.54, 1.807) is 37.4 Å². The highest BCUT2D eigenvalue weighted by Gasteiger charge is 2.05. The van der Waals surface area contributed by atoms with Crippen LogP contribution in [0.4, 0.5) is 10.1 Å². The van der Waals surface area contributed by atoms with Crippen molar-refractivity contribution in [3.8, 4) is 5.75 Å². The van der Waals surface area contributed by atoms with Gasteiger partial charge < -0.3 is 20.5 Å². The molecule has 0 bridgehead atoms. The first kappa shape index (κ1) is 21.5. The minimum Gasteiger partial charge on any atom is -0.495 e. The van der Waals surface area contributed by atoms with Crippen molar-refractivity contribution in [2.45, 2.75) is 13.2 Å². The van der Waals surface area contributed by atoms with Crippen LogP contribution in [0.1, 0.15) is 11.1 Å². The molecule has 0 aliphatic carbocycles. The average molecular weight is 480 g/mol. The summed E-state index contributed by atoms with van der Waals surface area (Å²) in [6, 6.07) is 9.97. The number of nitrogens with two attached hydrogens (primary N) is 1. The molecule has 2 rings (SSSR count). The molecule has 0 unspecified atom stereocenters. The lowest BCUT2D eigenvalue weighted by Crippen LogP contribution is -2.22. The lowest BCUT2D eigenvalue weighted by atomic mass is 10.1. The predicted molar refractivity (Wildman–Crippen MR) is 109 cm³/mol. The summed E-state index contributed by atoms with van der Waals surface area (Å²) >= 11 is 6.05. The Kier molecular flexibility index (Phi) is 8.95. The second-order valence-corrected chi connectivity index (χ2v) is 5.44. The van der Waals surface area contributed by atoms with Gasteiger partial charge in [0.05, 0.1) is 25.3 Å². The van der Waals surface area contributed by atoms with E-state index >= 15 is 0 Å². The summed E-state index contributed by atoms with van der Waals surface area (Å²) in [6.07, 6.45) is 0. The third kappa shape index (κ3) is 6.33. The van der Waals surface area contributed by atoms with Gasteiger partial charge in [-0.25, -0.2) is 9.38 Å². The third-order valence-corrected chi connectivity index (χ3v) is 3.56. The van der Waals surface area contributed by atoms with E-state index in [0.717, 1.165) is 5.56 Å².